The normalized spacial score (nSPS) is 10.5. The van der Waals surface area contributed by atoms with E-state index in [0.717, 1.165) is 17.2 Å². The van der Waals surface area contributed by atoms with E-state index in [-0.39, 0.29) is 5.56 Å². The number of carbonyl (C=O) groups is 1. The van der Waals surface area contributed by atoms with Crippen LogP contribution in [0.2, 0.25) is 0 Å². The number of rotatable bonds is 4. The summed E-state index contributed by atoms with van der Waals surface area (Å²) in [6.45, 7) is 2.19. The molecule has 0 unspecified atom stereocenters. The Morgan fingerprint density at radius 1 is 1.30 bits per heavy atom. The van der Waals surface area contributed by atoms with Crippen molar-refractivity contribution in [3.05, 3.63) is 76.4 Å². The average molecular weight is 309 g/mol. The van der Waals surface area contributed by atoms with Gasteiger partial charge in [-0.2, -0.15) is 0 Å². The summed E-state index contributed by atoms with van der Waals surface area (Å²) in [6.07, 6.45) is 6.72. The molecule has 0 aromatic carbocycles. The summed E-state index contributed by atoms with van der Waals surface area (Å²) in [6, 6.07) is 6.82. The van der Waals surface area contributed by atoms with Crippen LogP contribution in [0.4, 0.5) is 0 Å². The third kappa shape index (κ3) is 3.18. The standard InChI is InChI=1S/C16H15N5O2/c1-11-17-7-8-21(11)14-5-4-12(9-19-14)10-20-16(23)13-3-2-6-18-15(13)22/h2-9H,10H2,1H3,(H,18,22)(H,20,23). The summed E-state index contributed by atoms with van der Waals surface area (Å²) in [5.41, 5.74) is 0.521. The zero-order valence-corrected chi connectivity index (χ0v) is 12.5. The second kappa shape index (κ2) is 6.27. The van der Waals surface area contributed by atoms with Gasteiger partial charge in [0.15, 0.2) is 0 Å². The molecule has 0 saturated heterocycles. The van der Waals surface area contributed by atoms with E-state index in [0.29, 0.717) is 6.54 Å². The molecule has 0 fully saturated rings. The van der Waals surface area contributed by atoms with Crippen LogP contribution in [0.15, 0.2) is 53.8 Å². The van der Waals surface area contributed by atoms with Crippen molar-refractivity contribution in [1.29, 1.82) is 0 Å². The molecule has 3 aromatic rings. The smallest absolute Gasteiger partial charge is 0.260 e. The number of aryl methyl sites for hydroxylation is 1. The molecule has 0 bridgehead atoms. The van der Waals surface area contributed by atoms with Gasteiger partial charge in [-0.15, -0.1) is 0 Å². The van der Waals surface area contributed by atoms with Gasteiger partial charge in [-0.3, -0.25) is 14.2 Å². The van der Waals surface area contributed by atoms with E-state index in [1.807, 2.05) is 29.8 Å². The topological polar surface area (TPSA) is 92.7 Å². The van der Waals surface area contributed by atoms with Gasteiger partial charge < -0.3 is 10.3 Å². The lowest BCUT2D eigenvalue weighted by Gasteiger charge is -2.07. The molecule has 3 aromatic heterocycles. The fourth-order valence-electron chi connectivity index (χ4n) is 2.16. The lowest BCUT2D eigenvalue weighted by Crippen LogP contribution is -2.28. The summed E-state index contributed by atoms with van der Waals surface area (Å²) >= 11 is 0. The lowest BCUT2D eigenvalue weighted by atomic mass is 10.2. The van der Waals surface area contributed by atoms with Crippen LogP contribution in [-0.2, 0) is 6.54 Å². The highest BCUT2D eigenvalue weighted by molar-refractivity contribution is 5.93. The third-order valence-electron chi connectivity index (χ3n) is 3.40. The summed E-state index contributed by atoms with van der Waals surface area (Å²) < 4.78 is 1.87. The largest absolute Gasteiger partial charge is 0.348 e. The number of nitrogens with one attached hydrogen (secondary N) is 2. The molecule has 0 aliphatic carbocycles. The molecule has 3 heterocycles. The van der Waals surface area contributed by atoms with E-state index in [1.165, 1.54) is 12.3 Å². The fraction of sp³-hybridized carbons (Fsp3) is 0.125. The molecule has 7 nitrogen and oxygen atoms in total. The molecule has 23 heavy (non-hydrogen) atoms. The number of H-pyrrole nitrogens is 1. The van der Waals surface area contributed by atoms with Crippen molar-refractivity contribution in [2.75, 3.05) is 0 Å². The minimum absolute atomic E-state index is 0.0890. The fourth-order valence-corrected chi connectivity index (χ4v) is 2.16. The van der Waals surface area contributed by atoms with Crippen molar-refractivity contribution in [1.82, 2.24) is 24.8 Å². The number of pyridine rings is 2. The van der Waals surface area contributed by atoms with Gasteiger partial charge in [-0.1, -0.05) is 6.07 Å². The minimum Gasteiger partial charge on any atom is -0.348 e. The Hall–Kier alpha value is -3.22. The number of nitrogens with zero attached hydrogens (tertiary/aromatic N) is 3. The van der Waals surface area contributed by atoms with Gasteiger partial charge in [0.05, 0.1) is 0 Å². The Bertz CT molecular complexity index is 880. The molecule has 0 spiro atoms. The first-order valence-corrected chi connectivity index (χ1v) is 7.06. The van der Waals surface area contributed by atoms with E-state index in [1.54, 1.807) is 18.5 Å². The molecule has 0 atom stereocenters. The van der Waals surface area contributed by atoms with Crippen molar-refractivity contribution in [3.63, 3.8) is 0 Å². The van der Waals surface area contributed by atoms with Crippen molar-refractivity contribution < 1.29 is 4.79 Å². The minimum atomic E-state index is -0.415. The summed E-state index contributed by atoms with van der Waals surface area (Å²) in [4.78, 5) is 34.5. The van der Waals surface area contributed by atoms with Crippen molar-refractivity contribution in [3.8, 4) is 5.82 Å². The maximum absolute atomic E-state index is 12.0. The quantitative estimate of drug-likeness (QED) is 0.757. The molecule has 0 aliphatic rings. The predicted molar refractivity (Wildman–Crippen MR) is 84.3 cm³/mol. The van der Waals surface area contributed by atoms with Crippen LogP contribution in [0.1, 0.15) is 21.7 Å². The third-order valence-corrected chi connectivity index (χ3v) is 3.40. The molecule has 0 aliphatic heterocycles. The van der Waals surface area contributed by atoms with E-state index < -0.39 is 11.5 Å². The van der Waals surface area contributed by atoms with Crippen molar-refractivity contribution >= 4 is 5.91 Å². The highest BCUT2D eigenvalue weighted by atomic mass is 16.2. The van der Waals surface area contributed by atoms with E-state index in [2.05, 4.69) is 20.3 Å². The summed E-state index contributed by atoms with van der Waals surface area (Å²) in [5, 5.41) is 2.70. The van der Waals surface area contributed by atoms with Gasteiger partial charge in [-0.05, 0) is 30.7 Å². The van der Waals surface area contributed by atoms with Crippen LogP contribution < -0.4 is 10.9 Å². The van der Waals surface area contributed by atoms with Gasteiger partial charge in [0.2, 0.25) is 0 Å². The van der Waals surface area contributed by atoms with Gasteiger partial charge in [0, 0.05) is 31.3 Å². The van der Waals surface area contributed by atoms with Crippen LogP contribution in [0.5, 0.6) is 0 Å². The Balaban J connectivity index is 1.68. The lowest BCUT2D eigenvalue weighted by molar-refractivity contribution is 0.0949. The zero-order chi connectivity index (χ0) is 16.2. The second-order valence-corrected chi connectivity index (χ2v) is 4.96. The number of carbonyl (C=O) groups excluding carboxylic acids is 1. The number of hydrogen-bond donors (Lipinski definition) is 2. The van der Waals surface area contributed by atoms with Gasteiger partial charge in [0.25, 0.3) is 11.5 Å². The van der Waals surface area contributed by atoms with E-state index in [9.17, 15) is 9.59 Å². The molecule has 0 saturated carbocycles. The van der Waals surface area contributed by atoms with Gasteiger partial charge in [0.1, 0.15) is 17.2 Å². The van der Waals surface area contributed by atoms with Crippen LogP contribution >= 0.6 is 0 Å². The van der Waals surface area contributed by atoms with Crippen LogP contribution in [0.25, 0.3) is 5.82 Å². The molecule has 116 valence electrons. The Morgan fingerprint density at radius 2 is 2.17 bits per heavy atom. The van der Waals surface area contributed by atoms with Gasteiger partial charge in [-0.25, -0.2) is 9.97 Å². The molecule has 7 heteroatoms. The van der Waals surface area contributed by atoms with Crippen molar-refractivity contribution in [2.45, 2.75) is 13.5 Å². The Labute approximate surface area is 132 Å². The first-order valence-electron chi connectivity index (χ1n) is 7.06. The highest BCUT2D eigenvalue weighted by Crippen LogP contribution is 2.08. The highest BCUT2D eigenvalue weighted by Gasteiger charge is 2.09. The summed E-state index contributed by atoms with van der Waals surface area (Å²) in [5.74, 6) is 1.19. The molecule has 1 amide bonds. The number of amides is 1. The Morgan fingerprint density at radius 3 is 2.83 bits per heavy atom. The number of imidazole rings is 1. The predicted octanol–water partition coefficient (Wildman–Crippen LogP) is 1.19. The maximum atomic E-state index is 12.0. The molecular formula is C16H15N5O2. The molecule has 2 N–H and O–H groups in total. The number of hydrogen-bond acceptors (Lipinski definition) is 4. The zero-order valence-electron chi connectivity index (χ0n) is 12.5. The van der Waals surface area contributed by atoms with E-state index >= 15 is 0 Å². The monoisotopic (exact) mass is 309 g/mol. The van der Waals surface area contributed by atoms with Crippen molar-refractivity contribution in [2.24, 2.45) is 0 Å². The maximum Gasteiger partial charge on any atom is 0.260 e. The first kappa shape index (κ1) is 14.7. The van der Waals surface area contributed by atoms with Gasteiger partial charge >= 0.3 is 0 Å². The summed E-state index contributed by atoms with van der Waals surface area (Å²) in [7, 11) is 0. The molecule has 3 rings (SSSR count). The van der Waals surface area contributed by atoms with Crippen LogP contribution in [0.3, 0.4) is 0 Å². The second-order valence-electron chi connectivity index (χ2n) is 4.96. The first-order chi connectivity index (χ1) is 11.1. The van der Waals surface area contributed by atoms with E-state index in [4.69, 9.17) is 0 Å². The van der Waals surface area contributed by atoms with Crippen LogP contribution in [-0.4, -0.2) is 25.4 Å². The number of aromatic nitrogens is 4. The van der Waals surface area contributed by atoms with Crippen LogP contribution in [0, 0.1) is 6.92 Å². The molecule has 0 radical (unpaired) electrons. The Kier molecular flexibility index (Phi) is 4.01. The average Bonchev–Trinajstić information content (AvgIpc) is 2.99. The SMILES string of the molecule is Cc1nccn1-c1ccc(CNC(=O)c2ccc[nH]c2=O)cn1. The number of aromatic amines is 1. The molecular weight excluding hydrogens is 294 g/mol.